The van der Waals surface area contributed by atoms with Crippen molar-refractivity contribution in [1.82, 2.24) is 0 Å². The van der Waals surface area contributed by atoms with E-state index in [4.69, 9.17) is 0 Å². The zero-order valence-corrected chi connectivity index (χ0v) is 8.26. The lowest BCUT2D eigenvalue weighted by molar-refractivity contribution is 0.356. The van der Waals surface area contributed by atoms with Gasteiger partial charge in [0.2, 0.25) is 0 Å². The van der Waals surface area contributed by atoms with Crippen molar-refractivity contribution in [2.45, 2.75) is 44.9 Å². The van der Waals surface area contributed by atoms with E-state index in [-0.39, 0.29) is 0 Å². The van der Waals surface area contributed by atoms with Gasteiger partial charge in [-0.3, -0.25) is 0 Å². The van der Waals surface area contributed by atoms with Crippen LogP contribution in [-0.4, -0.2) is 0 Å². The van der Waals surface area contributed by atoms with Gasteiger partial charge in [0, 0.05) is 0 Å². The van der Waals surface area contributed by atoms with Gasteiger partial charge >= 0.3 is 0 Å². The molecule has 0 aliphatic heterocycles. The minimum absolute atomic E-state index is 1.06. The highest BCUT2D eigenvalue weighted by Gasteiger charge is 2.33. The van der Waals surface area contributed by atoms with E-state index in [0.29, 0.717) is 0 Å². The highest BCUT2D eigenvalue weighted by molar-refractivity contribution is 5.36. The summed E-state index contributed by atoms with van der Waals surface area (Å²) < 4.78 is 0. The lowest BCUT2D eigenvalue weighted by atomic mass is 9.74. The van der Waals surface area contributed by atoms with Gasteiger partial charge in [0.15, 0.2) is 0 Å². The summed E-state index contributed by atoms with van der Waals surface area (Å²) in [5.74, 6) is 2.11. The first kappa shape index (κ1) is 7.84. The fourth-order valence-electron chi connectivity index (χ4n) is 3.42. The van der Waals surface area contributed by atoms with Gasteiger partial charge in [-0.15, -0.1) is 0 Å². The molecule has 0 aromatic carbocycles. The van der Waals surface area contributed by atoms with E-state index >= 15 is 0 Å². The second kappa shape index (κ2) is 3.01. The quantitative estimate of drug-likeness (QED) is 0.523. The molecule has 0 aromatic rings. The van der Waals surface area contributed by atoms with Crippen LogP contribution in [0.4, 0.5) is 0 Å². The first-order valence-corrected chi connectivity index (χ1v) is 5.82. The molecule has 3 aliphatic carbocycles. The maximum Gasteiger partial charge on any atom is -0.0248 e. The Labute approximate surface area is 80.7 Å². The third-order valence-electron chi connectivity index (χ3n) is 4.14. The third-order valence-corrected chi connectivity index (χ3v) is 4.14. The van der Waals surface area contributed by atoms with Crippen LogP contribution in [0.15, 0.2) is 23.3 Å². The standard InChI is InChI=1S/C13H18/c1-2-5-11-9-13-7-3-6-12(13)8-10(11)4-1/h4-5,12-13H,1-3,6-9H2. The molecule has 0 radical (unpaired) electrons. The Morgan fingerprint density at radius 2 is 1.38 bits per heavy atom. The molecule has 3 rings (SSSR count). The topological polar surface area (TPSA) is 0 Å². The molecular formula is C13H18. The number of hydrogen-bond acceptors (Lipinski definition) is 0. The van der Waals surface area contributed by atoms with Crippen LogP contribution in [0.5, 0.6) is 0 Å². The summed E-state index contributed by atoms with van der Waals surface area (Å²) in [6.45, 7) is 0. The van der Waals surface area contributed by atoms with Crippen molar-refractivity contribution < 1.29 is 0 Å². The molecule has 0 saturated heterocycles. The fraction of sp³-hybridized carbons (Fsp3) is 0.692. The molecule has 2 fully saturated rings. The second-order valence-corrected chi connectivity index (χ2v) is 4.90. The first-order chi connectivity index (χ1) is 6.43. The third kappa shape index (κ3) is 1.27. The maximum atomic E-state index is 2.50. The summed E-state index contributed by atoms with van der Waals surface area (Å²) in [7, 11) is 0. The van der Waals surface area contributed by atoms with Crippen molar-refractivity contribution in [2.75, 3.05) is 0 Å². The second-order valence-electron chi connectivity index (χ2n) is 4.90. The molecule has 0 heterocycles. The predicted molar refractivity (Wildman–Crippen MR) is 55.5 cm³/mol. The molecule has 70 valence electrons. The molecule has 0 nitrogen and oxygen atoms in total. The number of allylic oxidation sites excluding steroid dienone is 4. The largest absolute Gasteiger partial charge is 0.0807 e. The Hall–Kier alpha value is -0.520. The minimum Gasteiger partial charge on any atom is -0.0807 e. The van der Waals surface area contributed by atoms with Crippen LogP contribution in [0.3, 0.4) is 0 Å². The lowest BCUT2D eigenvalue weighted by Crippen LogP contribution is -2.18. The molecule has 0 N–H and O–H groups in total. The van der Waals surface area contributed by atoms with Gasteiger partial charge < -0.3 is 0 Å². The summed E-state index contributed by atoms with van der Waals surface area (Å²) in [5.41, 5.74) is 3.43. The van der Waals surface area contributed by atoms with E-state index in [9.17, 15) is 0 Å². The molecule has 2 unspecified atom stereocenters. The van der Waals surface area contributed by atoms with E-state index in [1.165, 1.54) is 44.9 Å². The number of hydrogen-bond donors (Lipinski definition) is 0. The molecule has 0 bridgehead atoms. The van der Waals surface area contributed by atoms with Crippen LogP contribution >= 0.6 is 0 Å². The first-order valence-electron chi connectivity index (χ1n) is 5.82. The van der Waals surface area contributed by atoms with Crippen LogP contribution in [0.25, 0.3) is 0 Å². The van der Waals surface area contributed by atoms with Crippen molar-refractivity contribution in [1.29, 1.82) is 0 Å². The van der Waals surface area contributed by atoms with Crippen molar-refractivity contribution in [2.24, 2.45) is 11.8 Å². The number of fused-ring (bicyclic) bond motifs is 2. The lowest BCUT2D eigenvalue weighted by Gasteiger charge is -2.31. The van der Waals surface area contributed by atoms with Gasteiger partial charge in [0.05, 0.1) is 0 Å². The Morgan fingerprint density at radius 1 is 0.846 bits per heavy atom. The summed E-state index contributed by atoms with van der Waals surface area (Å²) in [6.07, 6.45) is 15.0. The highest BCUT2D eigenvalue weighted by Crippen LogP contribution is 2.47. The molecular weight excluding hydrogens is 156 g/mol. The van der Waals surface area contributed by atoms with Gasteiger partial charge in [-0.1, -0.05) is 18.6 Å². The van der Waals surface area contributed by atoms with Gasteiger partial charge in [-0.2, -0.15) is 0 Å². The van der Waals surface area contributed by atoms with Crippen LogP contribution in [0.1, 0.15) is 44.9 Å². The Balaban J connectivity index is 1.86. The van der Waals surface area contributed by atoms with E-state index in [2.05, 4.69) is 12.2 Å². The summed E-state index contributed by atoms with van der Waals surface area (Å²) >= 11 is 0. The SMILES string of the molecule is C1=C2CC3CCCC3CC2=CCC1. The van der Waals surface area contributed by atoms with Crippen LogP contribution < -0.4 is 0 Å². The molecule has 3 aliphatic rings. The molecule has 0 amide bonds. The van der Waals surface area contributed by atoms with Crippen molar-refractivity contribution in [3.63, 3.8) is 0 Å². The Kier molecular flexibility index (Phi) is 1.81. The van der Waals surface area contributed by atoms with E-state index in [1.54, 1.807) is 11.1 Å². The van der Waals surface area contributed by atoms with E-state index in [1.807, 2.05) is 0 Å². The highest BCUT2D eigenvalue weighted by atomic mass is 14.4. The van der Waals surface area contributed by atoms with Gasteiger partial charge in [0.25, 0.3) is 0 Å². The van der Waals surface area contributed by atoms with Gasteiger partial charge in [0.1, 0.15) is 0 Å². The summed E-state index contributed by atoms with van der Waals surface area (Å²) in [4.78, 5) is 0. The van der Waals surface area contributed by atoms with Crippen molar-refractivity contribution in [3.05, 3.63) is 23.3 Å². The summed E-state index contributed by atoms with van der Waals surface area (Å²) in [6, 6.07) is 0. The monoisotopic (exact) mass is 174 g/mol. The van der Waals surface area contributed by atoms with Gasteiger partial charge in [-0.25, -0.2) is 0 Å². The molecule has 2 saturated carbocycles. The smallest absolute Gasteiger partial charge is 0.0248 e. The average molecular weight is 174 g/mol. The zero-order valence-electron chi connectivity index (χ0n) is 8.26. The number of rotatable bonds is 0. The predicted octanol–water partition coefficient (Wildman–Crippen LogP) is 3.84. The maximum absolute atomic E-state index is 2.50. The fourth-order valence-corrected chi connectivity index (χ4v) is 3.42. The minimum atomic E-state index is 1.06. The summed E-state index contributed by atoms with van der Waals surface area (Å²) in [5, 5.41) is 0. The van der Waals surface area contributed by atoms with Crippen LogP contribution in [0.2, 0.25) is 0 Å². The normalized spacial score (nSPS) is 37.5. The van der Waals surface area contributed by atoms with Crippen molar-refractivity contribution >= 4 is 0 Å². The van der Waals surface area contributed by atoms with E-state index < -0.39 is 0 Å². The molecule has 13 heavy (non-hydrogen) atoms. The van der Waals surface area contributed by atoms with Crippen LogP contribution in [0, 0.1) is 11.8 Å². The Bertz CT molecular complexity index is 242. The average Bonchev–Trinajstić information content (AvgIpc) is 2.61. The molecule has 0 heteroatoms. The van der Waals surface area contributed by atoms with Gasteiger partial charge in [-0.05, 0) is 61.5 Å². The molecule has 0 aromatic heterocycles. The van der Waals surface area contributed by atoms with Crippen LogP contribution in [-0.2, 0) is 0 Å². The molecule has 0 spiro atoms. The molecule has 2 atom stereocenters. The zero-order chi connectivity index (χ0) is 8.67. The van der Waals surface area contributed by atoms with E-state index in [0.717, 1.165) is 11.8 Å². The Morgan fingerprint density at radius 3 is 1.92 bits per heavy atom. The van der Waals surface area contributed by atoms with Crippen molar-refractivity contribution in [3.8, 4) is 0 Å².